The number of ether oxygens (including phenoxy) is 1. The Morgan fingerprint density at radius 2 is 1.98 bits per heavy atom. The van der Waals surface area contributed by atoms with Crippen molar-refractivity contribution in [2.24, 2.45) is 0 Å². The molecule has 3 aliphatic rings. The van der Waals surface area contributed by atoms with E-state index in [0.29, 0.717) is 34.4 Å². The molecule has 3 unspecified atom stereocenters. The first-order valence-corrected chi connectivity index (χ1v) is 14.2. The van der Waals surface area contributed by atoms with Crippen LogP contribution in [0.4, 0.5) is 14.6 Å². The van der Waals surface area contributed by atoms with E-state index in [0.717, 1.165) is 43.2 Å². The molecule has 0 spiro atoms. The topological polar surface area (TPSA) is 66.4 Å². The number of rotatable bonds is 4. The first kappa shape index (κ1) is 27.1. The number of fused-ring (bicyclic) bond motifs is 3. The number of alkyl halides is 1. The molecule has 0 saturated carbocycles. The predicted molar refractivity (Wildman–Crippen MR) is 156 cm³/mol. The molecule has 3 saturated heterocycles. The number of likely N-dealkylation sites (N-methyl/N-ethyl adjacent to an activating group) is 1. The molecule has 3 fully saturated rings. The third kappa shape index (κ3) is 5.06. The van der Waals surface area contributed by atoms with E-state index in [1.165, 1.54) is 20.0 Å². The van der Waals surface area contributed by atoms with Gasteiger partial charge in [-0.1, -0.05) is 41.9 Å². The van der Waals surface area contributed by atoms with Gasteiger partial charge in [0.2, 0.25) is 0 Å². The van der Waals surface area contributed by atoms with Crippen LogP contribution < -0.4 is 15.0 Å². The fraction of sp³-hybridized carbons (Fsp3) is 0.433. The summed E-state index contributed by atoms with van der Waals surface area (Å²) in [5.41, 5.74) is 0.992. The molecule has 2 aromatic carbocycles. The van der Waals surface area contributed by atoms with Gasteiger partial charge < -0.3 is 15.0 Å². The van der Waals surface area contributed by atoms with Crippen molar-refractivity contribution in [1.29, 1.82) is 0 Å². The van der Waals surface area contributed by atoms with Crippen LogP contribution in [0.15, 0.2) is 42.6 Å². The highest BCUT2D eigenvalue weighted by molar-refractivity contribution is 6.36. The van der Waals surface area contributed by atoms with Crippen molar-refractivity contribution in [3.05, 3.63) is 53.4 Å². The Labute approximate surface area is 237 Å². The molecule has 2 aromatic heterocycles. The summed E-state index contributed by atoms with van der Waals surface area (Å²) >= 11 is 6.46. The number of hydrogen-bond donors (Lipinski definition) is 1. The van der Waals surface area contributed by atoms with Crippen LogP contribution in [0, 0.1) is 5.82 Å². The lowest BCUT2D eigenvalue weighted by atomic mass is 10.0. The Morgan fingerprint density at radius 1 is 1.15 bits per heavy atom. The van der Waals surface area contributed by atoms with Gasteiger partial charge in [-0.3, -0.25) is 9.88 Å². The number of nitrogens with one attached hydrogen (secondary N) is 1. The summed E-state index contributed by atoms with van der Waals surface area (Å²) in [6.07, 6.45) is 5.43. The summed E-state index contributed by atoms with van der Waals surface area (Å²) in [6.45, 7) is 3.64. The number of hydrogen-bond acceptors (Lipinski definition) is 7. The number of pyridine rings is 1. The van der Waals surface area contributed by atoms with Crippen LogP contribution in [0.25, 0.3) is 32.9 Å². The van der Waals surface area contributed by atoms with Gasteiger partial charge >= 0.3 is 6.01 Å². The van der Waals surface area contributed by atoms with E-state index in [4.69, 9.17) is 16.3 Å². The molecule has 0 amide bonds. The summed E-state index contributed by atoms with van der Waals surface area (Å²) in [6, 6.07) is 12.2. The van der Waals surface area contributed by atoms with Gasteiger partial charge in [-0.25, -0.2) is 8.78 Å². The first-order valence-electron chi connectivity index (χ1n) is 13.8. The highest BCUT2D eigenvalue weighted by Crippen LogP contribution is 2.37. The van der Waals surface area contributed by atoms with Gasteiger partial charge in [0.1, 0.15) is 23.2 Å². The van der Waals surface area contributed by atoms with Gasteiger partial charge in [0.05, 0.1) is 12.5 Å². The third-order valence-corrected chi connectivity index (χ3v) is 8.63. The largest absolute Gasteiger partial charge is 0.467 e. The number of aromatic nitrogens is 3. The molecule has 7 rings (SSSR count). The van der Waals surface area contributed by atoms with Gasteiger partial charge in [-0.15, -0.1) is 0 Å². The van der Waals surface area contributed by atoms with Gasteiger partial charge in [0, 0.05) is 54.4 Å². The molecular weight excluding hydrogens is 534 g/mol. The normalized spacial score (nSPS) is 22.4. The fourth-order valence-corrected chi connectivity index (χ4v) is 6.52. The molecule has 5 heterocycles. The molecule has 4 aromatic rings. The second-order valence-electron chi connectivity index (χ2n) is 10.7. The van der Waals surface area contributed by atoms with Gasteiger partial charge in [0.25, 0.3) is 0 Å². The van der Waals surface area contributed by atoms with Crippen molar-refractivity contribution in [3.8, 4) is 17.3 Å². The minimum absolute atomic E-state index is 0.118. The molecule has 3 atom stereocenters. The maximum atomic E-state index is 15.9. The van der Waals surface area contributed by atoms with E-state index in [2.05, 4.69) is 25.2 Å². The van der Waals surface area contributed by atoms with Gasteiger partial charge in [0.15, 0.2) is 5.82 Å². The summed E-state index contributed by atoms with van der Waals surface area (Å²) in [5.74, 6) is 0.0780. The van der Waals surface area contributed by atoms with Crippen LogP contribution in [-0.2, 0) is 0 Å². The van der Waals surface area contributed by atoms with Crippen LogP contribution in [-0.4, -0.2) is 78.4 Å². The van der Waals surface area contributed by atoms with Crippen molar-refractivity contribution in [3.63, 3.8) is 0 Å². The number of nitrogens with zero attached hydrogens (tertiary/aromatic N) is 5. The van der Waals surface area contributed by atoms with Gasteiger partial charge in [-0.2, -0.15) is 9.97 Å². The Balaban J connectivity index is 0.000000271. The SMILES string of the molecule is COc1nc(N(C)C2CCNC2)c2cnc(-c3cccc4cccc(Cl)c34)c(F)c2n1.FC1CC2CCCN2C1. The van der Waals surface area contributed by atoms with Crippen LogP contribution in [0.1, 0.15) is 25.7 Å². The van der Waals surface area contributed by atoms with E-state index in [1.54, 1.807) is 12.3 Å². The third-order valence-electron chi connectivity index (χ3n) is 8.31. The summed E-state index contributed by atoms with van der Waals surface area (Å²) < 4.78 is 33.8. The monoisotopic (exact) mass is 566 g/mol. The highest BCUT2D eigenvalue weighted by Gasteiger charge is 2.34. The first-order chi connectivity index (χ1) is 19.4. The van der Waals surface area contributed by atoms with Crippen molar-refractivity contribution in [1.82, 2.24) is 25.2 Å². The quantitative estimate of drug-likeness (QED) is 0.343. The van der Waals surface area contributed by atoms with Crippen LogP contribution in [0.3, 0.4) is 0 Å². The lowest BCUT2D eigenvalue weighted by molar-refractivity contribution is 0.292. The fourth-order valence-electron chi connectivity index (χ4n) is 6.23. The zero-order chi connectivity index (χ0) is 27.8. The molecule has 0 radical (unpaired) electrons. The predicted octanol–water partition coefficient (Wildman–Crippen LogP) is 5.64. The van der Waals surface area contributed by atoms with Crippen molar-refractivity contribution in [2.75, 3.05) is 45.2 Å². The summed E-state index contributed by atoms with van der Waals surface area (Å²) in [7, 11) is 3.43. The maximum absolute atomic E-state index is 15.9. The Kier molecular flexibility index (Phi) is 7.70. The lowest BCUT2D eigenvalue weighted by Gasteiger charge is -2.26. The molecule has 210 valence electrons. The minimum Gasteiger partial charge on any atom is -0.467 e. The zero-order valence-electron chi connectivity index (χ0n) is 22.7. The van der Waals surface area contributed by atoms with Crippen LogP contribution >= 0.6 is 11.6 Å². The molecular formula is C30H33ClF2N6O. The molecule has 0 aliphatic carbocycles. The molecule has 0 bridgehead atoms. The smallest absolute Gasteiger partial charge is 0.318 e. The Morgan fingerprint density at radius 3 is 2.73 bits per heavy atom. The molecule has 7 nitrogen and oxygen atoms in total. The Bertz CT molecular complexity index is 1510. The van der Waals surface area contributed by atoms with Gasteiger partial charge in [-0.05, 0) is 50.2 Å². The number of benzene rings is 2. The number of methoxy groups -OCH3 is 1. The van der Waals surface area contributed by atoms with Crippen molar-refractivity contribution >= 4 is 39.1 Å². The number of anilines is 1. The molecule has 10 heteroatoms. The summed E-state index contributed by atoms with van der Waals surface area (Å²) in [5, 5.41) is 6.11. The minimum atomic E-state index is -0.523. The second kappa shape index (κ2) is 11.4. The van der Waals surface area contributed by atoms with E-state index in [9.17, 15) is 4.39 Å². The van der Waals surface area contributed by atoms with E-state index in [1.807, 2.05) is 42.3 Å². The van der Waals surface area contributed by atoms with Crippen molar-refractivity contribution < 1.29 is 13.5 Å². The molecule has 40 heavy (non-hydrogen) atoms. The average Bonchev–Trinajstić information content (AvgIpc) is 3.72. The average molecular weight is 567 g/mol. The van der Waals surface area contributed by atoms with Crippen LogP contribution in [0.2, 0.25) is 5.02 Å². The Hall–Kier alpha value is -3.14. The second-order valence-corrected chi connectivity index (χ2v) is 11.1. The van der Waals surface area contributed by atoms with Crippen LogP contribution in [0.5, 0.6) is 6.01 Å². The lowest BCUT2D eigenvalue weighted by Crippen LogP contribution is -2.34. The zero-order valence-corrected chi connectivity index (χ0v) is 23.5. The van der Waals surface area contributed by atoms with Crippen molar-refractivity contribution in [2.45, 2.75) is 43.9 Å². The van der Waals surface area contributed by atoms with E-state index >= 15 is 4.39 Å². The standard InChI is InChI=1S/C23H21ClFN5O.C7H12FN/c1-30(14-9-10-26-11-14)22-16-12-27-20(19(25)21(16)28-23(29-22)31-2)15-7-3-5-13-6-4-8-17(24)18(13)15;8-6-4-7-2-1-3-9(7)5-6/h3-8,12,14,26H,9-11H2,1-2H3;6-7H,1-5H2. The highest BCUT2D eigenvalue weighted by atomic mass is 35.5. The molecule has 1 N–H and O–H groups in total. The summed E-state index contributed by atoms with van der Waals surface area (Å²) in [4.78, 5) is 17.7. The number of halogens is 3. The van der Waals surface area contributed by atoms with E-state index in [-0.39, 0.29) is 23.3 Å². The van der Waals surface area contributed by atoms with E-state index < -0.39 is 12.0 Å². The maximum Gasteiger partial charge on any atom is 0.318 e. The molecule has 3 aliphatic heterocycles.